The zero-order valence-electron chi connectivity index (χ0n) is 14.5. The van der Waals surface area contributed by atoms with E-state index in [4.69, 9.17) is 0 Å². The Morgan fingerprint density at radius 1 is 0.923 bits per heavy atom. The van der Waals surface area contributed by atoms with Gasteiger partial charge in [0.05, 0.1) is 5.52 Å². The molecule has 126 valence electrons. The number of pyridine rings is 1. The number of rotatable bonds is 4. The average Bonchev–Trinajstić information content (AvgIpc) is 2.70. The van der Waals surface area contributed by atoms with Gasteiger partial charge >= 0.3 is 0 Å². The van der Waals surface area contributed by atoms with Crippen LogP contribution in [0.3, 0.4) is 0 Å². The second-order valence-corrected chi connectivity index (χ2v) is 5.97. The van der Waals surface area contributed by atoms with Crippen molar-refractivity contribution in [2.45, 2.75) is 6.92 Å². The molecule has 0 aliphatic heterocycles. The van der Waals surface area contributed by atoms with Crippen LogP contribution in [0.15, 0.2) is 73.4 Å². The van der Waals surface area contributed by atoms with Gasteiger partial charge in [0.2, 0.25) is 0 Å². The van der Waals surface area contributed by atoms with Crippen LogP contribution < -0.4 is 5.32 Å². The van der Waals surface area contributed by atoms with Gasteiger partial charge in [-0.2, -0.15) is 0 Å². The minimum absolute atomic E-state index is 0.574. The number of nitrogens with zero attached hydrogens (tertiary/aromatic N) is 3. The van der Waals surface area contributed by atoms with Crippen molar-refractivity contribution in [3.8, 4) is 11.1 Å². The molecule has 4 nitrogen and oxygen atoms in total. The summed E-state index contributed by atoms with van der Waals surface area (Å²) in [6.07, 6.45) is 3.39. The molecule has 26 heavy (non-hydrogen) atoms. The minimum Gasteiger partial charge on any atom is -0.338 e. The third kappa shape index (κ3) is 2.93. The molecule has 2 aromatic carbocycles. The van der Waals surface area contributed by atoms with Gasteiger partial charge in [0.1, 0.15) is 5.52 Å². The van der Waals surface area contributed by atoms with Crippen molar-refractivity contribution in [1.29, 1.82) is 0 Å². The van der Waals surface area contributed by atoms with Crippen molar-refractivity contribution in [2.24, 2.45) is 0 Å². The largest absolute Gasteiger partial charge is 0.338 e. The number of fused-ring (bicyclic) bond motifs is 1. The van der Waals surface area contributed by atoms with Gasteiger partial charge in [-0.15, -0.1) is 0 Å². The lowest BCUT2D eigenvalue weighted by atomic mass is 9.99. The highest BCUT2D eigenvalue weighted by molar-refractivity contribution is 5.88. The molecule has 2 aromatic heterocycles. The van der Waals surface area contributed by atoms with Gasteiger partial charge in [0.25, 0.3) is 0 Å². The van der Waals surface area contributed by atoms with Gasteiger partial charge < -0.3 is 5.32 Å². The van der Waals surface area contributed by atoms with E-state index in [-0.39, 0.29) is 0 Å². The van der Waals surface area contributed by atoms with Crippen molar-refractivity contribution < 1.29 is 0 Å². The van der Waals surface area contributed by atoms with E-state index in [0.29, 0.717) is 11.6 Å². The SMILES string of the molecule is C=Cc1nc(Nc2cccc(-c3ccccc3)c2C)c2ncccc2n1. The molecule has 0 unspecified atom stereocenters. The van der Waals surface area contributed by atoms with E-state index >= 15 is 0 Å². The summed E-state index contributed by atoms with van der Waals surface area (Å²) in [4.78, 5) is 13.4. The monoisotopic (exact) mass is 338 g/mol. The molecule has 0 amide bonds. The molecule has 0 atom stereocenters. The number of hydrogen-bond donors (Lipinski definition) is 1. The highest BCUT2D eigenvalue weighted by Crippen LogP contribution is 2.31. The first-order valence-electron chi connectivity index (χ1n) is 8.43. The fourth-order valence-corrected chi connectivity index (χ4v) is 2.99. The lowest BCUT2D eigenvalue weighted by Gasteiger charge is -2.14. The van der Waals surface area contributed by atoms with E-state index < -0.39 is 0 Å². The topological polar surface area (TPSA) is 50.7 Å². The Bertz CT molecular complexity index is 1090. The summed E-state index contributed by atoms with van der Waals surface area (Å²) in [5.74, 6) is 1.25. The standard InChI is InChI=1S/C22H18N4/c1-3-20-24-19-13-8-14-23-21(19)22(26-20)25-18-12-7-11-17(15(18)2)16-9-5-4-6-10-16/h3-14H,1H2,2H3,(H,24,25,26). The van der Waals surface area contributed by atoms with Crippen LogP contribution in [0.4, 0.5) is 11.5 Å². The van der Waals surface area contributed by atoms with E-state index in [1.54, 1.807) is 12.3 Å². The fourth-order valence-electron chi connectivity index (χ4n) is 2.99. The summed E-state index contributed by atoms with van der Waals surface area (Å²) in [7, 11) is 0. The average molecular weight is 338 g/mol. The summed E-state index contributed by atoms with van der Waals surface area (Å²) in [5, 5.41) is 3.44. The predicted octanol–water partition coefficient (Wildman–Crippen LogP) is 5.39. The highest BCUT2D eigenvalue weighted by atomic mass is 15.1. The van der Waals surface area contributed by atoms with E-state index in [2.05, 4.69) is 52.0 Å². The fraction of sp³-hybridized carbons (Fsp3) is 0.0455. The Balaban J connectivity index is 1.81. The molecule has 0 saturated heterocycles. The molecule has 0 aliphatic carbocycles. The molecule has 0 saturated carbocycles. The molecule has 1 N–H and O–H groups in total. The third-order valence-electron chi connectivity index (χ3n) is 4.33. The molecule has 0 aliphatic rings. The first-order valence-corrected chi connectivity index (χ1v) is 8.43. The molecule has 0 fully saturated rings. The maximum absolute atomic E-state index is 4.56. The predicted molar refractivity (Wildman–Crippen MR) is 107 cm³/mol. The van der Waals surface area contributed by atoms with E-state index in [1.165, 1.54) is 11.1 Å². The van der Waals surface area contributed by atoms with Crippen LogP contribution in [-0.2, 0) is 0 Å². The van der Waals surface area contributed by atoms with Gasteiger partial charge in [0.15, 0.2) is 11.6 Å². The first-order chi connectivity index (χ1) is 12.8. The number of hydrogen-bond acceptors (Lipinski definition) is 4. The lowest BCUT2D eigenvalue weighted by Crippen LogP contribution is -2.02. The van der Waals surface area contributed by atoms with Gasteiger partial charge in [-0.1, -0.05) is 49.0 Å². The zero-order valence-corrected chi connectivity index (χ0v) is 14.5. The molecule has 4 aromatic rings. The van der Waals surface area contributed by atoms with Gasteiger partial charge in [-0.3, -0.25) is 4.98 Å². The van der Waals surface area contributed by atoms with Crippen LogP contribution in [0.2, 0.25) is 0 Å². The smallest absolute Gasteiger partial charge is 0.161 e. The maximum atomic E-state index is 4.56. The van der Waals surface area contributed by atoms with Gasteiger partial charge in [0, 0.05) is 11.9 Å². The minimum atomic E-state index is 0.574. The van der Waals surface area contributed by atoms with Crippen LogP contribution in [0.25, 0.3) is 28.2 Å². The summed E-state index contributed by atoms with van der Waals surface area (Å²) in [5.41, 5.74) is 6.05. The van der Waals surface area contributed by atoms with Crippen molar-refractivity contribution >= 4 is 28.6 Å². The molecule has 2 heterocycles. The molecule has 4 heteroatoms. The van der Waals surface area contributed by atoms with Crippen molar-refractivity contribution in [1.82, 2.24) is 15.0 Å². The van der Waals surface area contributed by atoms with Crippen LogP contribution in [0, 0.1) is 6.92 Å². The Hall–Kier alpha value is -3.53. The number of nitrogens with one attached hydrogen (secondary N) is 1. The van der Waals surface area contributed by atoms with Crippen LogP contribution in [0.5, 0.6) is 0 Å². The summed E-state index contributed by atoms with van der Waals surface area (Å²) >= 11 is 0. The summed E-state index contributed by atoms with van der Waals surface area (Å²) in [6.45, 7) is 5.89. The highest BCUT2D eigenvalue weighted by Gasteiger charge is 2.11. The van der Waals surface area contributed by atoms with E-state index in [0.717, 1.165) is 22.3 Å². The lowest BCUT2D eigenvalue weighted by molar-refractivity contribution is 1.16. The second kappa shape index (κ2) is 6.76. The first kappa shape index (κ1) is 16.0. The molecule has 0 radical (unpaired) electrons. The number of aromatic nitrogens is 3. The van der Waals surface area contributed by atoms with E-state index in [1.807, 2.05) is 42.5 Å². The Labute approximate surface area is 152 Å². The molecular weight excluding hydrogens is 320 g/mol. The summed E-state index contributed by atoms with van der Waals surface area (Å²) in [6, 6.07) is 20.4. The molecule has 0 spiro atoms. The van der Waals surface area contributed by atoms with Crippen LogP contribution in [-0.4, -0.2) is 15.0 Å². The normalized spacial score (nSPS) is 10.7. The van der Waals surface area contributed by atoms with Crippen molar-refractivity contribution in [3.63, 3.8) is 0 Å². The van der Waals surface area contributed by atoms with E-state index in [9.17, 15) is 0 Å². The Kier molecular flexibility index (Phi) is 4.15. The van der Waals surface area contributed by atoms with Crippen LogP contribution >= 0.6 is 0 Å². The molecule has 4 rings (SSSR count). The van der Waals surface area contributed by atoms with Crippen molar-refractivity contribution in [2.75, 3.05) is 5.32 Å². The Morgan fingerprint density at radius 3 is 2.58 bits per heavy atom. The Morgan fingerprint density at radius 2 is 1.77 bits per heavy atom. The quantitative estimate of drug-likeness (QED) is 0.542. The maximum Gasteiger partial charge on any atom is 0.161 e. The summed E-state index contributed by atoms with van der Waals surface area (Å²) < 4.78 is 0. The van der Waals surface area contributed by atoms with Gasteiger partial charge in [-0.25, -0.2) is 9.97 Å². The van der Waals surface area contributed by atoms with Crippen LogP contribution in [0.1, 0.15) is 11.4 Å². The van der Waals surface area contributed by atoms with Crippen molar-refractivity contribution in [3.05, 3.63) is 84.8 Å². The zero-order chi connectivity index (χ0) is 17.9. The number of benzene rings is 2. The molecule has 0 bridgehead atoms. The second-order valence-electron chi connectivity index (χ2n) is 5.97. The third-order valence-corrected chi connectivity index (χ3v) is 4.33. The van der Waals surface area contributed by atoms with Gasteiger partial charge in [-0.05, 0) is 47.9 Å². The molecular formula is C22H18N4. The number of anilines is 2.